The molecule has 0 bridgehead atoms. The number of hydrogen-bond donors (Lipinski definition) is 1. The van der Waals surface area contributed by atoms with Gasteiger partial charge in [0.25, 0.3) is 0 Å². The van der Waals surface area contributed by atoms with E-state index >= 15 is 0 Å². The van der Waals surface area contributed by atoms with Crippen LogP contribution >= 0.6 is 0 Å². The van der Waals surface area contributed by atoms with Gasteiger partial charge in [-0.2, -0.15) is 0 Å². The average molecular weight is 143 g/mol. The fourth-order valence-electron chi connectivity index (χ4n) is 1.25. The molecule has 2 nitrogen and oxygen atoms in total. The highest BCUT2D eigenvalue weighted by atomic mass is 16.3. The van der Waals surface area contributed by atoms with Crippen molar-refractivity contribution in [3.8, 4) is 0 Å². The third-order valence-electron chi connectivity index (χ3n) is 2.29. The van der Waals surface area contributed by atoms with Crippen LogP contribution in [0.3, 0.4) is 0 Å². The molecule has 0 radical (unpaired) electrons. The number of rotatable bonds is 3. The molecule has 0 aromatic carbocycles. The minimum absolute atomic E-state index is 0.132. The van der Waals surface area contributed by atoms with Crippen molar-refractivity contribution in [2.45, 2.75) is 38.8 Å². The summed E-state index contributed by atoms with van der Waals surface area (Å²) in [7, 11) is 0. The zero-order valence-electron chi connectivity index (χ0n) is 6.88. The summed E-state index contributed by atoms with van der Waals surface area (Å²) in [6, 6.07) is 0.763. The molecule has 1 aliphatic heterocycles. The normalized spacial score (nSPS) is 29.7. The molecule has 2 atom stereocenters. The van der Waals surface area contributed by atoms with Gasteiger partial charge in [-0.25, -0.2) is 0 Å². The fraction of sp³-hybridized carbons (Fsp3) is 1.00. The first-order valence-electron chi connectivity index (χ1n) is 4.12. The van der Waals surface area contributed by atoms with Gasteiger partial charge in [0.05, 0.1) is 6.10 Å². The third-order valence-corrected chi connectivity index (χ3v) is 2.29. The summed E-state index contributed by atoms with van der Waals surface area (Å²) in [5.74, 6) is 0. The Balaban J connectivity index is 2.03. The second kappa shape index (κ2) is 3.35. The van der Waals surface area contributed by atoms with E-state index in [0.717, 1.165) is 19.0 Å². The second-order valence-corrected chi connectivity index (χ2v) is 3.31. The van der Waals surface area contributed by atoms with Crippen molar-refractivity contribution in [3.63, 3.8) is 0 Å². The van der Waals surface area contributed by atoms with Gasteiger partial charge < -0.3 is 10.0 Å². The Morgan fingerprint density at radius 3 is 2.70 bits per heavy atom. The lowest BCUT2D eigenvalue weighted by atomic mass is 10.0. The first-order valence-corrected chi connectivity index (χ1v) is 4.12. The van der Waals surface area contributed by atoms with E-state index < -0.39 is 0 Å². The molecular weight excluding hydrogens is 126 g/mol. The van der Waals surface area contributed by atoms with E-state index in [2.05, 4.69) is 11.8 Å². The Morgan fingerprint density at radius 2 is 2.40 bits per heavy atom. The minimum Gasteiger partial charge on any atom is -0.393 e. The van der Waals surface area contributed by atoms with Crippen LogP contribution in [0, 0.1) is 0 Å². The maximum absolute atomic E-state index is 8.98. The van der Waals surface area contributed by atoms with Crippen molar-refractivity contribution >= 4 is 0 Å². The van der Waals surface area contributed by atoms with Gasteiger partial charge in [-0.05, 0) is 33.2 Å². The van der Waals surface area contributed by atoms with Crippen molar-refractivity contribution < 1.29 is 5.11 Å². The van der Waals surface area contributed by atoms with Crippen LogP contribution in [0.15, 0.2) is 0 Å². The maximum atomic E-state index is 8.98. The number of likely N-dealkylation sites (tertiary alicyclic amines) is 1. The smallest absolute Gasteiger partial charge is 0.0524 e. The molecule has 1 saturated heterocycles. The Labute approximate surface area is 62.8 Å². The SMILES string of the molecule is CC(O)CCN1CCC1C. The second-order valence-electron chi connectivity index (χ2n) is 3.31. The first kappa shape index (κ1) is 8.02. The van der Waals surface area contributed by atoms with Gasteiger partial charge >= 0.3 is 0 Å². The van der Waals surface area contributed by atoms with E-state index in [1.807, 2.05) is 6.92 Å². The zero-order chi connectivity index (χ0) is 7.56. The topological polar surface area (TPSA) is 23.5 Å². The highest BCUT2D eigenvalue weighted by Crippen LogP contribution is 2.16. The molecule has 0 amide bonds. The molecule has 0 aromatic heterocycles. The quantitative estimate of drug-likeness (QED) is 0.633. The number of hydrogen-bond acceptors (Lipinski definition) is 2. The Bertz CT molecular complexity index is 103. The number of aliphatic hydroxyl groups is 1. The highest BCUT2D eigenvalue weighted by molar-refractivity contribution is 4.78. The van der Waals surface area contributed by atoms with Crippen molar-refractivity contribution in [2.24, 2.45) is 0 Å². The lowest BCUT2D eigenvalue weighted by molar-refractivity contribution is 0.0791. The molecule has 2 heteroatoms. The van der Waals surface area contributed by atoms with Crippen LogP contribution in [0.25, 0.3) is 0 Å². The van der Waals surface area contributed by atoms with E-state index in [1.165, 1.54) is 13.0 Å². The molecule has 0 saturated carbocycles. The van der Waals surface area contributed by atoms with Crippen LogP contribution in [0.1, 0.15) is 26.7 Å². The van der Waals surface area contributed by atoms with Gasteiger partial charge in [0.15, 0.2) is 0 Å². The molecular formula is C8H17NO. The molecule has 1 fully saturated rings. The Kier molecular flexibility index (Phi) is 2.69. The minimum atomic E-state index is -0.132. The predicted octanol–water partition coefficient (Wildman–Crippen LogP) is 0.852. The van der Waals surface area contributed by atoms with E-state index in [1.54, 1.807) is 0 Å². The summed E-state index contributed by atoms with van der Waals surface area (Å²) in [5, 5.41) is 8.98. The van der Waals surface area contributed by atoms with Crippen molar-refractivity contribution in [1.29, 1.82) is 0 Å². The van der Waals surface area contributed by atoms with Crippen LogP contribution in [0.2, 0.25) is 0 Å². The third kappa shape index (κ3) is 1.96. The van der Waals surface area contributed by atoms with Crippen LogP contribution in [-0.4, -0.2) is 35.2 Å². The molecule has 0 spiro atoms. The largest absolute Gasteiger partial charge is 0.393 e. The molecule has 0 aliphatic carbocycles. The van der Waals surface area contributed by atoms with Gasteiger partial charge in [0.1, 0.15) is 0 Å². The van der Waals surface area contributed by atoms with Crippen molar-refractivity contribution in [3.05, 3.63) is 0 Å². The van der Waals surface area contributed by atoms with Crippen LogP contribution < -0.4 is 0 Å². The van der Waals surface area contributed by atoms with E-state index in [9.17, 15) is 0 Å². The highest BCUT2D eigenvalue weighted by Gasteiger charge is 2.22. The first-order chi connectivity index (χ1) is 4.70. The summed E-state index contributed by atoms with van der Waals surface area (Å²) in [6.45, 7) is 6.39. The summed E-state index contributed by atoms with van der Waals surface area (Å²) in [5.41, 5.74) is 0. The lowest BCUT2D eigenvalue weighted by Crippen LogP contribution is -2.46. The molecule has 1 heterocycles. The Hall–Kier alpha value is -0.0800. The summed E-state index contributed by atoms with van der Waals surface area (Å²) in [4.78, 5) is 2.41. The summed E-state index contributed by atoms with van der Waals surface area (Å²) >= 11 is 0. The standard InChI is InChI=1S/C8H17NO/c1-7-3-5-9(7)6-4-8(2)10/h7-8,10H,3-6H2,1-2H3. The number of aliphatic hydroxyl groups excluding tert-OH is 1. The van der Waals surface area contributed by atoms with Gasteiger partial charge in [-0.1, -0.05) is 0 Å². The Morgan fingerprint density at radius 1 is 1.70 bits per heavy atom. The summed E-state index contributed by atoms with van der Waals surface area (Å²) < 4.78 is 0. The molecule has 2 unspecified atom stereocenters. The van der Waals surface area contributed by atoms with Gasteiger partial charge in [-0.3, -0.25) is 0 Å². The van der Waals surface area contributed by atoms with Crippen LogP contribution in [-0.2, 0) is 0 Å². The molecule has 1 aliphatic rings. The molecule has 60 valence electrons. The van der Waals surface area contributed by atoms with E-state index in [0.29, 0.717) is 0 Å². The molecule has 1 rings (SSSR count). The van der Waals surface area contributed by atoms with Gasteiger partial charge in [0.2, 0.25) is 0 Å². The van der Waals surface area contributed by atoms with E-state index in [4.69, 9.17) is 5.11 Å². The van der Waals surface area contributed by atoms with Crippen LogP contribution in [0.5, 0.6) is 0 Å². The van der Waals surface area contributed by atoms with Crippen LogP contribution in [0.4, 0.5) is 0 Å². The van der Waals surface area contributed by atoms with Gasteiger partial charge in [0, 0.05) is 12.6 Å². The van der Waals surface area contributed by atoms with Crippen molar-refractivity contribution in [2.75, 3.05) is 13.1 Å². The monoisotopic (exact) mass is 143 g/mol. The molecule has 10 heavy (non-hydrogen) atoms. The maximum Gasteiger partial charge on any atom is 0.0524 e. The zero-order valence-corrected chi connectivity index (χ0v) is 6.88. The van der Waals surface area contributed by atoms with Gasteiger partial charge in [-0.15, -0.1) is 0 Å². The molecule has 1 N–H and O–H groups in total. The lowest BCUT2D eigenvalue weighted by Gasteiger charge is -2.38. The predicted molar refractivity (Wildman–Crippen MR) is 41.9 cm³/mol. The fourth-order valence-corrected chi connectivity index (χ4v) is 1.25. The van der Waals surface area contributed by atoms with Crippen molar-refractivity contribution in [1.82, 2.24) is 4.90 Å². The molecule has 0 aromatic rings. The average Bonchev–Trinajstić information content (AvgIpc) is 1.84. The summed E-state index contributed by atoms with van der Waals surface area (Å²) in [6.07, 6.45) is 2.12. The van der Waals surface area contributed by atoms with E-state index in [-0.39, 0.29) is 6.10 Å². The number of nitrogens with zero attached hydrogens (tertiary/aromatic N) is 1.